The van der Waals surface area contributed by atoms with E-state index < -0.39 is 0 Å². The van der Waals surface area contributed by atoms with Crippen molar-refractivity contribution in [2.45, 2.75) is 39.2 Å². The van der Waals surface area contributed by atoms with Crippen LogP contribution in [0.25, 0.3) is 22.0 Å². The highest BCUT2D eigenvalue weighted by Gasteiger charge is 2.28. The van der Waals surface area contributed by atoms with E-state index in [9.17, 15) is 4.79 Å². The number of rotatable bonds is 4. The number of pyridine rings is 1. The van der Waals surface area contributed by atoms with Gasteiger partial charge in [0.2, 0.25) is 5.91 Å². The molecule has 0 spiro atoms. The normalized spacial score (nSPS) is 18.6. The van der Waals surface area contributed by atoms with Crippen LogP contribution in [-0.2, 0) is 16.0 Å². The minimum Gasteiger partial charge on any atom is -0.487 e. The summed E-state index contributed by atoms with van der Waals surface area (Å²) in [4.78, 5) is 17.1. The minimum absolute atomic E-state index is 0.0379. The van der Waals surface area contributed by atoms with Gasteiger partial charge in [-0.1, -0.05) is 18.2 Å². The number of carbonyl (C=O) groups is 1. The third kappa shape index (κ3) is 4.15. The predicted octanol–water partition coefficient (Wildman–Crippen LogP) is 4.36. The highest BCUT2D eigenvalue weighted by Crippen LogP contribution is 2.40. The second-order valence-electron chi connectivity index (χ2n) is 8.74. The maximum absolute atomic E-state index is 12.5. The van der Waals surface area contributed by atoms with Crippen LogP contribution < -0.4 is 10.1 Å². The van der Waals surface area contributed by atoms with Crippen molar-refractivity contribution in [3.63, 3.8) is 0 Å². The van der Waals surface area contributed by atoms with E-state index in [-0.39, 0.29) is 17.9 Å². The molecule has 2 aromatic carbocycles. The minimum atomic E-state index is -0.0379. The Labute approximate surface area is 182 Å². The van der Waals surface area contributed by atoms with Crippen LogP contribution in [0.1, 0.15) is 29.7 Å². The highest BCUT2D eigenvalue weighted by atomic mass is 16.5. The number of aromatic nitrogens is 1. The molecule has 1 atom stereocenters. The van der Waals surface area contributed by atoms with Crippen molar-refractivity contribution >= 4 is 16.8 Å². The van der Waals surface area contributed by atoms with Crippen molar-refractivity contribution in [2.24, 2.45) is 5.92 Å². The number of nitrogens with one attached hydrogen (secondary N) is 1. The van der Waals surface area contributed by atoms with Crippen LogP contribution in [0.15, 0.2) is 42.5 Å². The lowest BCUT2D eigenvalue weighted by Gasteiger charge is -2.22. The fourth-order valence-corrected chi connectivity index (χ4v) is 4.63. The van der Waals surface area contributed by atoms with Crippen LogP contribution in [-0.4, -0.2) is 36.8 Å². The molecule has 31 heavy (non-hydrogen) atoms. The molecule has 3 heterocycles. The fraction of sp³-hybridized carbons (Fsp3) is 0.385. The molecule has 3 aromatic rings. The molecule has 5 rings (SSSR count). The summed E-state index contributed by atoms with van der Waals surface area (Å²) in [6.07, 6.45) is 2.38. The van der Waals surface area contributed by atoms with E-state index in [4.69, 9.17) is 9.47 Å². The van der Waals surface area contributed by atoms with E-state index in [0.29, 0.717) is 19.8 Å². The quantitative estimate of drug-likeness (QED) is 0.686. The SMILES string of the molecule is Cc1cc2c(c(-c3ccc4nc(C)ccc4c3)c1)OC(CNC(=O)C1CCOCC1)C2. The lowest BCUT2D eigenvalue weighted by molar-refractivity contribution is -0.128. The Hall–Kier alpha value is -2.92. The van der Waals surface area contributed by atoms with E-state index in [1.807, 2.05) is 13.0 Å². The molecule has 5 nitrogen and oxygen atoms in total. The molecule has 1 fully saturated rings. The zero-order valence-corrected chi connectivity index (χ0v) is 18.1. The molecular weight excluding hydrogens is 388 g/mol. The monoisotopic (exact) mass is 416 g/mol. The number of amides is 1. The van der Waals surface area contributed by atoms with Gasteiger partial charge in [-0.3, -0.25) is 9.78 Å². The first-order valence-electron chi connectivity index (χ1n) is 11.1. The number of hydrogen-bond acceptors (Lipinski definition) is 4. The van der Waals surface area contributed by atoms with Crippen LogP contribution in [0.3, 0.4) is 0 Å². The Morgan fingerprint density at radius 2 is 1.94 bits per heavy atom. The summed E-state index contributed by atoms with van der Waals surface area (Å²) >= 11 is 0. The zero-order valence-electron chi connectivity index (χ0n) is 18.1. The van der Waals surface area contributed by atoms with Gasteiger partial charge in [-0.2, -0.15) is 0 Å². The molecule has 2 aliphatic rings. The first-order valence-corrected chi connectivity index (χ1v) is 11.1. The first kappa shape index (κ1) is 20.0. The van der Waals surface area contributed by atoms with Gasteiger partial charge >= 0.3 is 0 Å². The van der Waals surface area contributed by atoms with Crippen molar-refractivity contribution in [2.75, 3.05) is 19.8 Å². The average molecular weight is 417 g/mol. The summed E-state index contributed by atoms with van der Waals surface area (Å²) in [6.45, 7) is 6.01. The van der Waals surface area contributed by atoms with Crippen LogP contribution >= 0.6 is 0 Å². The van der Waals surface area contributed by atoms with Gasteiger partial charge in [0, 0.05) is 42.2 Å². The number of nitrogens with zero attached hydrogens (tertiary/aromatic N) is 1. The topological polar surface area (TPSA) is 60.5 Å². The molecule has 5 heteroatoms. The molecule has 1 N–H and O–H groups in total. The molecule has 1 amide bonds. The molecule has 2 aliphatic heterocycles. The molecule has 0 aliphatic carbocycles. The van der Waals surface area contributed by atoms with Crippen molar-refractivity contribution in [3.8, 4) is 16.9 Å². The molecule has 1 saturated heterocycles. The number of carbonyl (C=O) groups excluding carboxylic acids is 1. The number of hydrogen-bond donors (Lipinski definition) is 1. The van der Waals surface area contributed by atoms with Crippen molar-refractivity contribution < 1.29 is 14.3 Å². The van der Waals surface area contributed by atoms with Gasteiger partial charge in [-0.05, 0) is 67.6 Å². The number of benzene rings is 2. The molecule has 1 aromatic heterocycles. The molecule has 0 bridgehead atoms. The summed E-state index contributed by atoms with van der Waals surface area (Å²) in [5, 5.41) is 4.23. The zero-order chi connectivity index (χ0) is 21.4. The summed E-state index contributed by atoms with van der Waals surface area (Å²) in [5.41, 5.74) is 6.68. The number of fused-ring (bicyclic) bond motifs is 2. The molecular formula is C26H28N2O3. The molecule has 0 saturated carbocycles. The second kappa shape index (κ2) is 8.31. The summed E-state index contributed by atoms with van der Waals surface area (Å²) < 4.78 is 11.7. The van der Waals surface area contributed by atoms with Crippen molar-refractivity contribution in [3.05, 3.63) is 59.3 Å². The van der Waals surface area contributed by atoms with Gasteiger partial charge in [0.1, 0.15) is 11.9 Å². The lowest BCUT2D eigenvalue weighted by atomic mass is 9.96. The van der Waals surface area contributed by atoms with Crippen LogP contribution in [0.5, 0.6) is 5.75 Å². The van der Waals surface area contributed by atoms with Crippen LogP contribution in [0.4, 0.5) is 0 Å². The van der Waals surface area contributed by atoms with Crippen molar-refractivity contribution in [1.82, 2.24) is 10.3 Å². The Balaban J connectivity index is 1.35. The number of ether oxygens (including phenoxy) is 2. The van der Waals surface area contributed by atoms with Crippen LogP contribution in [0.2, 0.25) is 0 Å². The van der Waals surface area contributed by atoms with Gasteiger partial charge in [0.05, 0.1) is 12.1 Å². The predicted molar refractivity (Wildman–Crippen MR) is 121 cm³/mol. The fourth-order valence-electron chi connectivity index (χ4n) is 4.63. The van der Waals surface area contributed by atoms with Gasteiger partial charge in [-0.25, -0.2) is 0 Å². The maximum atomic E-state index is 12.5. The van der Waals surface area contributed by atoms with Crippen LogP contribution in [0, 0.1) is 19.8 Å². The summed E-state index contributed by atoms with van der Waals surface area (Å²) in [7, 11) is 0. The summed E-state index contributed by atoms with van der Waals surface area (Å²) in [5.74, 6) is 1.12. The molecule has 0 radical (unpaired) electrons. The maximum Gasteiger partial charge on any atom is 0.223 e. The third-order valence-electron chi connectivity index (χ3n) is 6.28. The van der Waals surface area contributed by atoms with E-state index in [2.05, 4.69) is 53.6 Å². The summed E-state index contributed by atoms with van der Waals surface area (Å²) in [6, 6.07) is 14.9. The van der Waals surface area contributed by atoms with E-state index in [1.54, 1.807) is 0 Å². The van der Waals surface area contributed by atoms with Gasteiger partial charge < -0.3 is 14.8 Å². The molecule has 160 valence electrons. The standard InChI is InChI=1S/C26H28N2O3/c1-16-11-21-14-22(15-27-26(29)18-7-9-30-10-8-18)31-25(21)23(12-16)19-5-6-24-20(13-19)4-3-17(2)28-24/h3-6,11-13,18,22H,7-10,14-15H2,1-2H3,(H,27,29). The Morgan fingerprint density at radius 3 is 2.77 bits per heavy atom. The smallest absolute Gasteiger partial charge is 0.223 e. The largest absolute Gasteiger partial charge is 0.487 e. The van der Waals surface area contributed by atoms with Crippen molar-refractivity contribution in [1.29, 1.82) is 0 Å². The van der Waals surface area contributed by atoms with Gasteiger partial charge in [0.25, 0.3) is 0 Å². The first-order chi connectivity index (χ1) is 15.1. The lowest BCUT2D eigenvalue weighted by Crippen LogP contribution is -2.39. The number of aryl methyl sites for hydroxylation is 2. The Morgan fingerprint density at radius 1 is 1.10 bits per heavy atom. The Bertz CT molecular complexity index is 1130. The van der Waals surface area contributed by atoms with E-state index >= 15 is 0 Å². The van der Waals surface area contributed by atoms with E-state index in [0.717, 1.165) is 52.7 Å². The van der Waals surface area contributed by atoms with Gasteiger partial charge in [0.15, 0.2) is 0 Å². The average Bonchev–Trinajstić information content (AvgIpc) is 3.20. The third-order valence-corrected chi connectivity index (χ3v) is 6.28. The van der Waals surface area contributed by atoms with E-state index in [1.165, 1.54) is 11.1 Å². The highest BCUT2D eigenvalue weighted by molar-refractivity contribution is 5.86. The van der Waals surface area contributed by atoms with Gasteiger partial charge in [-0.15, -0.1) is 0 Å². The second-order valence-corrected chi connectivity index (χ2v) is 8.74. The Kier molecular flexibility index (Phi) is 5.36. The molecule has 1 unspecified atom stereocenters.